The monoisotopic (exact) mass is 622 g/mol. The smallest absolute Gasteiger partial charge is 0.311 e. The van der Waals surface area contributed by atoms with E-state index in [9.17, 15) is 4.79 Å². The first-order valence-electron chi connectivity index (χ1n) is 17.2. The number of hydrogen-bond acceptors (Lipinski definition) is 10. The molecular formula is C33H50N8O4. The topological polar surface area (TPSA) is 154 Å². The van der Waals surface area contributed by atoms with Crippen LogP contribution in [0.3, 0.4) is 0 Å². The zero-order chi connectivity index (χ0) is 31.4. The first-order chi connectivity index (χ1) is 21.7. The maximum atomic E-state index is 13.4. The van der Waals surface area contributed by atoms with Gasteiger partial charge in [-0.25, -0.2) is 0 Å². The molecule has 2 N–H and O–H groups in total. The summed E-state index contributed by atoms with van der Waals surface area (Å²) < 4.78 is 19.2. The average Bonchev–Trinajstić information content (AvgIpc) is 3.76. The summed E-state index contributed by atoms with van der Waals surface area (Å²) in [5, 5.41) is 29.2. The van der Waals surface area contributed by atoms with E-state index in [1.54, 1.807) is 12.7 Å². The van der Waals surface area contributed by atoms with Crippen LogP contribution in [0.2, 0.25) is 0 Å². The molecule has 0 aliphatic heterocycles. The number of nitrogens with one attached hydrogen (secondary N) is 2. The molecule has 0 amide bonds. The molecule has 12 heteroatoms. The van der Waals surface area contributed by atoms with Crippen LogP contribution in [0, 0.1) is 51.8 Å². The van der Waals surface area contributed by atoms with Gasteiger partial charge in [-0.05, 0) is 92.3 Å². The van der Waals surface area contributed by atoms with Gasteiger partial charge in [0, 0.05) is 18.8 Å². The van der Waals surface area contributed by atoms with Crippen molar-refractivity contribution in [2.75, 3.05) is 20.3 Å². The lowest BCUT2D eigenvalue weighted by molar-refractivity contribution is -0.239. The van der Waals surface area contributed by atoms with Crippen LogP contribution in [0.1, 0.15) is 90.7 Å². The van der Waals surface area contributed by atoms with Crippen LogP contribution < -0.4 is 0 Å². The molecule has 10 atom stereocenters. The molecule has 12 nitrogen and oxygen atoms in total. The van der Waals surface area contributed by atoms with Crippen LogP contribution in [0.4, 0.5) is 0 Å². The number of fused-ring (bicyclic) bond motifs is 1. The molecule has 6 aliphatic rings. The van der Waals surface area contributed by atoms with E-state index in [1.165, 1.54) is 6.42 Å². The minimum Gasteiger partial charge on any atom is -0.469 e. The Bertz CT molecular complexity index is 1370. The number of esters is 1. The Labute approximate surface area is 265 Å². The Hall–Kier alpha value is -2.73. The van der Waals surface area contributed by atoms with E-state index < -0.39 is 5.41 Å². The zero-order valence-electron chi connectivity index (χ0n) is 27.5. The van der Waals surface area contributed by atoms with Gasteiger partial charge < -0.3 is 14.2 Å². The molecule has 2 aromatic rings. The van der Waals surface area contributed by atoms with Crippen molar-refractivity contribution < 1.29 is 19.0 Å². The molecule has 2 heterocycles. The number of carbonyl (C=O) groups excluding carboxylic acids is 1. The van der Waals surface area contributed by atoms with E-state index in [2.05, 4.69) is 75.0 Å². The minimum atomic E-state index is -0.433. The number of methoxy groups -OCH3 is 1. The van der Waals surface area contributed by atoms with Crippen molar-refractivity contribution in [2.24, 2.45) is 51.8 Å². The van der Waals surface area contributed by atoms with Gasteiger partial charge in [0.2, 0.25) is 0 Å². The summed E-state index contributed by atoms with van der Waals surface area (Å²) >= 11 is 0. The van der Waals surface area contributed by atoms with Crippen molar-refractivity contribution in [1.29, 1.82) is 0 Å². The molecule has 45 heavy (non-hydrogen) atoms. The average molecular weight is 623 g/mol. The Morgan fingerprint density at radius 2 is 1.60 bits per heavy atom. The number of aromatic amines is 2. The third kappa shape index (κ3) is 4.96. The van der Waals surface area contributed by atoms with Crippen molar-refractivity contribution in [3.8, 4) is 0 Å². The van der Waals surface area contributed by atoms with Crippen molar-refractivity contribution in [1.82, 2.24) is 41.2 Å². The van der Waals surface area contributed by atoms with Crippen molar-refractivity contribution >= 4 is 5.97 Å². The number of ether oxygens (including phenoxy) is 3. The fraction of sp³-hybridized carbons (Fsp3) is 0.848. The SMILES string of the molecule is COC(=O)[C@]1(C)CCC[C@]2(C)[C@H]3C[C@H]4C(C(C)C)=C[C@]3(CC[C@H]21)[C@H]1[C@@H]4[C@@H](OCCc2nn[nH]n2)CC[C@@H]1OCCc1nn[nH]n1. The third-order valence-electron chi connectivity index (χ3n) is 13.1. The van der Waals surface area contributed by atoms with E-state index >= 15 is 0 Å². The van der Waals surface area contributed by atoms with E-state index in [0.29, 0.717) is 73.2 Å². The number of tetrazole rings is 2. The van der Waals surface area contributed by atoms with Gasteiger partial charge in [0.25, 0.3) is 0 Å². The number of nitrogens with zero attached hydrogens (tertiary/aromatic N) is 6. The molecular weight excluding hydrogens is 572 g/mol. The molecule has 2 aromatic heterocycles. The maximum Gasteiger partial charge on any atom is 0.311 e. The lowest BCUT2D eigenvalue weighted by Crippen LogP contribution is -2.68. The number of hydrogen-bond donors (Lipinski definition) is 2. The molecule has 4 saturated carbocycles. The molecule has 246 valence electrons. The molecule has 0 saturated heterocycles. The first-order valence-corrected chi connectivity index (χ1v) is 17.2. The zero-order valence-corrected chi connectivity index (χ0v) is 27.5. The van der Waals surface area contributed by atoms with Gasteiger partial charge in [0.15, 0.2) is 11.6 Å². The van der Waals surface area contributed by atoms with Gasteiger partial charge in [-0.3, -0.25) is 4.79 Å². The quantitative estimate of drug-likeness (QED) is 0.290. The summed E-state index contributed by atoms with van der Waals surface area (Å²) in [6.45, 7) is 10.6. The second-order valence-corrected chi connectivity index (χ2v) is 15.3. The fourth-order valence-electron chi connectivity index (χ4n) is 11.5. The van der Waals surface area contributed by atoms with Gasteiger partial charge in [0.1, 0.15) is 0 Å². The predicted molar refractivity (Wildman–Crippen MR) is 163 cm³/mol. The minimum absolute atomic E-state index is 0.00510. The molecule has 0 unspecified atom stereocenters. The van der Waals surface area contributed by atoms with Crippen molar-refractivity contribution in [3.63, 3.8) is 0 Å². The highest BCUT2D eigenvalue weighted by atomic mass is 16.5. The van der Waals surface area contributed by atoms with Crippen LogP contribution in [0.5, 0.6) is 0 Å². The number of H-pyrrole nitrogens is 2. The van der Waals surface area contributed by atoms with Crippen LogP contribution in [-0.2, 0) is 31.8 Å². The summed E-state index contributed by atoms with van der Waals surface area (Å²) in [6.07, 6.45) is 12.7. The second kappa shape index (κ2) is 11.8. The van der Waals surface area contributed by atoms with Gasteiger partial charge >= 0.3 is 5.97 Å². The Kier molecular flexibility index (Phi) is 8.11. The van der Waals surface area contributed by atoms with Crippen LogP contribution in [0.15, 0.2) is 11.6 Å². The van der Waals surface area contributed by atoms with Crippen LogP contribution >= 0.6 is 0 Å². The number of aromatic nitrogens is 8. The summed E-state index contributed by atoms with van der Waals surface area (Å²) in [6, 6.07) is 0. The fourth-order valence-corrected chi connectivity index (χ4v) is 11.5. The highest BCUT2D eigenvalue weighted by molar-refractivity contribution is 5.77. The lowest BCUT2D eigenvalue weighted by atomic mass is 9.33. The Balaban J connectivity index is 1.24. The predicted octanol–water partition coefficient (Wildman–Crippen LogP) is 4.29. The lowest BCUT2D eigenvalue weighted by Gasteiger charge is -2.72. The largest absolute Gasteiger partial charge is 0.469 e. The van der Waals surface area contributed by atoms with Crippen molar-refractivity contribution in [3.05, 3.63) is 23.3 Å². The maximum absolute atomic E-state index is 13.4. The van der Waals surface area contributed by atoms with Gasteiger partial charge in [-0.15, -0.1) is 20.4 Å². The molecule has 0 radical (unpaired) electrons. The molecule has 8 rings (SSSR count). The first kappa shape index (κ1) is 30.9. The van der Waals surface area contributed by atoms with E-state index in [-0.39, 0.29) is 29.0 Å². The Morgan fingerprint density at radius 1 is 0.933 bits per heavy atom. The van der Waals surface area contributed by atoms with E-state index in [1.807, 2.05) is 0 Å². The molecule has 0 aromatic carbocycles. The number of allylic oxidation sites excluding steroid dienone is 2. The van der Waals surface area contributed by atoms with Gasteiger partial charge in [-0.2, -0.15) is 10.4 Å². The van der Waals surface area contributed by atoms with Gasteiger partial charge in [0.05, 0.1) is 37.9 Å². The van der Waals surface area contributed by atoms with Crippen LogP contribution in [0.25, 0.3) is 0 Å². The van der Waals surface area contributed by atoms with E-state index in [0.717, 1.165) is 44.9 Å². The highest BCUT2D eigenvalue weighted by Crippen LogP contribution is 2.75. The standard InChI is InChI=1S/C33H50N8O4/c1-19(2)21-18-33-14-9-24-31(3,12-6-13-32(24,4)30(42)43-5)25(33)17-20(21)28-22(44-15-10-26-34-38-39-35-26)7-8-23(29(28)33)45-16-11-27-36-40-41-37-27/h18-20,22-25,28-29H,6-17H2,1-5H3,(H,34,35,38,39)(H,36,37,40,41)/t20-,22-,23-,24+,25+,28-,29+,31-,32+,33-/m0/s1. The highest BCUT2D eigenvalue weighted by Gasteiger charge is 2.71. The summed E-state index contributed by atoms with van der Waals surface area (Å²) in [4.78, 5) is 13.4. The number of carbonyl (C=O) groups is 1. The third-order valence-corrected chi connectivity index (χ3v) is 13.1. The van der Waals surface area contributed by atoms with Crippen LogP contribution in [-0.4, -0.2) is 79.7 Å². The molecule has 6 aliphatic carbocycles. The molecule has 4 fully saturated rings. The number of rotatable bonds is 10. The van der Waals surface area contributed by atoms with Gasteiger partial charge in [-0.1, -0.05) is 49.3 Å². The summed E-state index contributed by atoms with van der Waals surface area (Å²) in [5.41, 5.74) is 1.24. The van der Waals surface area contributed by atoms with Crippen molar-refractivity contribution in [2.45, 2.75) is 104 Å². The van der Waals surface area contributed by atoms with E-state index in [4.69, 9.17) is 14.2 Å². The summed E-state index contributed by atoms with van der Waals surface area (Å²) in [7, 11) is 1.56. The summed E-state index contributed by atoms with van der Waals surface area (Å²) in [5.74, 6) is 3.80. The second-order valence-electron chi connectivity index (χ2n) is 15.3. The molecule has 1 spiro atoms. The Morgan fingerprint density at radius 3 is 2.22 bits per heavy atom. The normalized spacial score (nSPS) is 40.4. The molecule has 2 bridgehead atoms.